The zero-order valence-electron chi connectivity index (χ0n) is 6.44. The first-order chi connectivity index (χ1) is 5.77. The monoisotopic (exact) mass is 260 g/mol. The van der Waals surface area contributed by atoms with Crippen molar-refractivity contribution in [2.24, 2.45) is 0 Å². The van der Waals surface area contributed by atoms with E-state index in [1.54, 1.807) is 15.9 Å². The Kier molecular flexibility index (Phi) is 2.40. The maximum atomic E-state index is 12.9. The predicted molar refractivity (Wildman–Crippen MR) is 41.0 cm³/mol. The Morgan fingerprint density at radius 1 is 1.38 bits per heavy atom. The van der Waals surface area contributed by atoms with Crippen molar-refractivity contribution in [3.05, 3.63) is 18.2 Å². The van der Waals surface area contributed by atoms with Gasteiger partial charge in [0.15, 0.2) is 0 Å². The summed E-state index contributed by atoms with van der Waals surface area (Å²) in [5.74, 6) is -0.177. The third-order valence-corrected chi connectivity index (χ3v) is 1.95. The van der Waals surface area contributed by atoms with Crippen LogP contribution in [0.3, 0.4) is 0 Å². The van der Waals surface area contributed by atoms with E-state index >= 15 is 0 Å². The lowest BCUT2D eigenvalue weighted by Gasteiger charge is -2.23. The van der Waals surface area contributed by atoms with Crippen LogP contribution in [0.1, 0.15) is 5.82 Å². The van der Waals surface area contributed by atoms with Crippen LogP contribution in [-0.2, 0) is 6.05 Å². The molecule has 0 fully saturated rings. The molecule has 0 amide bonds. The number of aryl methyl sites for hydroxylation is 1. The molecule has 1 aromatic heterocycles. The normalized spacial score (nSPS) is 13.4. The molecule has 2 nitrogen and oxygen atoms in total. The first-order valence-corrected chi connectivity index (χ1v) is 4.01. The summed E-state index contributed by atoms with van der Waals surface area (Å²) in [6.07, 6.45) is 1.83. The van der Waals surface area contributed by atoms with Crippen molar-refractivity contribution in [2.45, 2.75) is 17.8 Å². The van der Waals surface area contributed by atoms with Gasteiger partial charge in [-0.25, -0.2) is 4.98 Å². The van der Waals surface area contributed by atoms with E-state index in [1.807, 2.05) is 0 Å². The minimum atomic E-state index is -4.31. The molecular weight excluding hydrogens is 256 g/mol. The number of aromatic nitrogens is 2. The second kappa shape index (κ2) is 2.97. The lowest BCUT2D eigenvalue weighted by molar-refractivity contribution is -0.207. The van der Waals surface area contributed by atoms with Crippen molar-refractivity contribution >= 4 is 15.9 Å². The van der Waals surface area contributed by atoms with E-state index in [2.05, 4.69) is 4.98 Å². The van der Waals surface area contributed by atoms with Gasteiger partial charge in [0.1, 0.15) is 5.82 Å². The molecule has 74 valence electrons. The van der Waals surface area contributed by atoms with Crippen LogP contribution >= 0.6 is 15.9 Å². The largest absolute Gasteiger partial charge is 0.403 e. The minimum Gasteiger partial charge on any atom is -0.269 e. The Balaban J connectivity index is 3.15. The standard InChI is InChI=1S/C6H5BrF4N2/c1-4-12-2-3-13(4)6(10,11)5(7,8)9/h2-3H,1H3. The van der Waals surface area contributed by atoms with Gasteiger partial charge in [0.25, 0.3) is 0 Å². The van der Waals surface area contributed by atoms with Crippen molar-refractivity contribution in [1.29, 1.82) is 0 Å². The van der Waals surface area contributed by atoms with Crippen LogP contribution in [0.15, 0.2) is 12.4 Å². The Morgan fingerprint density at radius 3 is 2.23 bits per heavy atom. The van der Waals surface area contributed by atoms with Crippen LogP contribution < -0.4 is 0 Å². The van der Waals surface area contributed by atoms with Crippen molar-refractivity contribution in [1.82, 2.24) is 9.55 Å². The zero-order chi connectivity index (χ0) is 10.3. The van der Waals surface area contributed by atoms with Gasteiger partial charge in [0.05, 0.1) is 0 Å². The summed E-state index contributed by atoms with van der Waals surface area (Å²) in [5, 5.41) is 0. The van der Waals surface area contributed by atoms with Crippen molar-refractivity contribution < 1.29 is 17.6 Å². The molecule has 0 aromatic carbocycles. The van der Waals surface area contributed by atoms with Gasteiger partial charge in [0.2, 0.25) is 0 Å². The van der Waals surface area contributed by atoms with Crippen LogP contribution in [0.2, 0.25) is 0 Å². The number of halogens is 5. The van der Waals surface area contributed by atoms with Crippen LogP contribution in [0.25, 0.3) is 0 Å². The van der Waals surface area contributed by atoms with E-state index in [0.717, 1.165) is 12.4 Å². The van der Waals surface area contributed by atoms with Gasteiger partial charge < -0.3 is 0 Å². The first kappa shape index (κ1) is 10.5. The Labute approximate surface area is 79.7 Å². The summed E-state index contributed by atoms with van der Waals surface area (Å²) < 4.78 is 50.6. The third-order valence-electron chi connectivity index (χ3n) is 1.47. The van der Waals surface area contributed by atoms with Gasteiger partial charge in [-0.05, 0) is 22.9 Å². The second-order valence-corrected chi connectivity index (χ2v) is 3.38. The summed E-state index contributed by atoms with van der Waals surface area (Å²) in [7, 11) is 0. The first-order valence-electron chi connectivity index (χ1n) is 3.22. The third kappa shape index (κ3) is 1.70. The average Bonchev–Trinajstić information content (AvgIpc) is 2.32. The molecule has 0 aliphatic heterocycles. The van der Waals surface area contributed by atoms with E-state index < -0.39 is 10.9 Å². The Morgan fingerprint density at radius 2 is 1.92 bits per heavy atom. The number of nitrogens with zero attached hydrogens (tertiary/aromatic N) is 2. The van der Waals surface area contributed by atoms with Gasteiger partial charge in [-0.1, -0.05) is 0 Å². The summed E-state index contributed by atoms with van der Waals surface area (Å²) in [6, 6.07) is -4.31. The highest BCUT2D eigenvalue weighted by atomic mass is 79.9. The van der Waals surface area contributed by atoms with Crippen LogP contribution in [0, 0.1) is 6.92 Å². The average molecular weight is 261 g/mol. The summed E-state index contributed by atoms with van der Waals surface area (Å²) in [5.41, 5.74) is 0. The predicted octanol–water partition coefficient (Wildman–Crippen LogP) is 2.73. The Hall–Kier alpha value is -0.590. The molecule has 0 spiro atoms. The van der Waals surface area contributed by atoms with E-state index in [0.29, 0.717) is 0 Å². The quantitative estimate of drug-likeness (QED) is 0.591. The lowest BCUT2D eigenvalue weighted by atomic mass is 10.5. The molecule has 1 aromatic rings. The molecule has 1 rings (SSSR count). The highest BCUT2D eigenvalue weighted by molar-refractivity contribution is 9.10. The smallest absolute Gasteiger partial charge is 0.269 e. The van der Waals surface area contributed by atoms with Crippen molar-refractivity contribution in [3.63, 3.8) is 0 Å². The van der Waals surface area contributed by atoms with Gasteiger partial charge in [-0.3, -0.25) is 4.57 Å². The molecule has 0 bridgehead atoms. The molecule has 7 heteroatoms. The molecule has 0 aliphatic rings. The lowest BCUT2D eigenvalue weighted by Crippen LogP contribution is -2.38. The van der Waals surface area contributed by atoms with Gasteiger partial charge in [0, 0.05) is 12.4 Å². The molecular formula is C6H5BrF4N2. The van der Waals surface area contributed by atoms with Crippen LogP contribution in [0.4, 0.5) is 17.6 Å². The van der Waals surface area contributed by atoms with Gasteiger partial charge in [-0.2, -0.15) is 17.6 Å². The van der Waals surface area contributed by atoms with Crippen LogP contribution in [-0.4, -0.2) is 14.4 Å². The molecule has 0 saturated heterocycles. The number of alkyl halides is 5. The number of hydrogen-bond acceptors (Lipinski definition) is 1. The number of hydrogen-bond donors (Lipinski definition) is 0. The highest BCUT2D eigenvalue weighted by Gasteiger charge is 2.56. The van der Waals surface area contributed by atoms with Crippen molar-refractivity contribution in [3.8, 4) is 0 Å². The van der Waals surface area contributed by atoms with Gasteiger partial charge in [-0.15, -0.1) is 0 Å². The molecule has 0 N–H and O–H groups in total. The summed E-state index contributed by atoms with van der Waals surface area (Å²) in [4.78, 5) is -0.861. The molecule has 0 atom stereocenters. The maximum absolute atomic E-state index is 12.9. The fourth-order valence-corrected chi connectivity index (χ4v) is 1.00. The highest BCUT2D eigenvalue weighted by Crippen LogP contribution is 2.43. The summed E-state index contributed by atoms with van der Waals surface area (Å²) in [6.45, 7) is 1.21. The molecule has 1 heterocycles. The van der Waals surface area contributed by atoms with E-state index in [1.165, 1.54) is 6.92 Å². The molecule has 0 saturated carbocycles. The van der Waals surface area contributed by atoms with E-state index in [4.69, 9.17) is 0 Å². The summed E-state index contributed by atoms with van der Waals surface area (Å²) >= 11 is 1.62. The van der Waals surface area contributed by atoms with E-state index in [9.17, 15) is 17.6 Å². The zero-order valence-corrected chi connectivity index (χ0v) is 8.02. The fourth-order valence-electron chi connectivity index (χ4n) is 0.811. The Bertz CT molecular complexity index is 304. The topological polar surface area (TPSA) is 17.8 Å². The molecule has 0 aliphatic carbocycles. The maximum Gasteiger partial charge on any atom is 0.403 e. The fraction of sp³-hybridized carbons (Fsp3) is 0.500. The van der Waals surface area contributed by atoms with E-state index in [-0.39, 0.29) is 10.4 Å². The second-order valence-electron chi connectivity index (χ2n) is 2.38. The van der Waals surface area contributed by atoms with Crippen LogP contribution in [0.5, 0.6) is 0 Å². The molecule has 13 heavy (non-hydrogen) atoms. The number of rotatable bonds is 2. The molecule has 0 unspecified atom stereocenters. The van der Waals surface area contributed by atoms with Crippen molar-refractivity contribution in [2.75, 3.05) is 0 Å². The minimum absolute atomic E-state index is 0.113. The number of imidazole rings is 1. The SMILES string of the molecule is Cc1nccn1C(F)(F)C(F)(F)Br. The molecule has 0 radical (unpaired) electrons. The van der Waals surface area contributed by atoms with Gasteiger partial charge >= 0.3 is 10.9 Å².